The van der Waals surface area contributed by atoms with Crippen molar-refractivity contribution in [3.05, 3.63) is 12.7 Å². The number of carbonyl (C=O) groups is 3. The number of nitrogens with one attached hydrogen (secondary N) is 2. The summed E-state index contributed by atoms with van der Waals surface area (Å²) < 4.78 is 40.3. The van der Waals surface area contributed by atoms with Crippen LogP contribution in [0, 0.1) is 0 Å². The number of alkyl halides is 3. The zero-order valence-corrected chi connectivity index (χ0v) is 24.6. The van der Waals surface area contributed by atoms with E-state index in [0.717, 1.165) is 0 Å². The van der Waals surface area contributed by atoms with Gasteiger partial charge in [-0.3, -0.25) is 9.36 Å². The first-order chi connectivity index (χ1) is 19.1. The van der Waals surface area contributed by atoms with Crippen LogP contribution >= 0.6 is 22.6 Å². The number of alkyl carbamates (subject to hydrolysis) is 1. The van der Waals surface area contributed by atoms with Gasteiger partial charge in [-0.2, -0.15) is 8.78 Å². The number of hydrogen-bond acceptors (Lipinski definition) is 12. The second-order valence-corrected chi connectivity index (χ2v) is 11.5. The second kappa shape index (κ2) is 13.3. The number of hydrogen-bond donors (Lipinski definition) is 5. The summed E-state index contributed by atoms with van der Waals surface area (Å²) in [6.45, 7) is 4.16. The van der Waals surface area contributed by atoms with Crippen molar-refractivity contribution in [1.29, 1.82) is 0 Å². The van der Waals surface area contributed by atoms with Crippen molar-refractivity contribution in [1.82, 2.24) is 30.2 Å². The van der Waals surface area contributed by atoms with Gasteiger partial charge in [0.1, 0.15) is 35.7 Å². The molecule has 2 amide bonds. The molecule has 1 aliphatic heterocycles. The average molecular weight is 699 g/mol. The maximum atomic E-state index is 13.2. The van der Waals surface area contributed by atoms with E-state index in [2.05, 4.69) is 25.6 Å². The fraction of sp³-hybridized carbons (Fsp3) is 0.652. The Hall–Kier alpha value is -2.97. The van der Waals surface area contributed by atoms with Gasteiger partial charge in [0.25, 0.3) is 0 Å². The molecule has 41 heavy (non-hydrogen) atoms. The minimum Gasteiger partial charge on any atom is -0.455 e. The van der Waals surface area contributed by atoms with Gasteiger partial charge in [0, 0.05) is 29.1 Å². The van der Waals surface area contributed by atoms with E-state index in [1.807, 2.05) is 0 Å². The largest absolute Gasteiger partial charge is 0.455 e. The summed E-state index contributed by atoms with van der Waals surface area (Å²) in [5, 5.41) is 25.4. The third kappa shape index (κ3) is 8.52. The summed E-state index contributed by atoms with van der Waals surface area (Å²) in [6.07, 6.45) is -3.18. The number of anilines is 1. The van der Waals surface area contributed by atoms with Crippen LogP contribution in [0.5, 0.6) is 0 Å². The van der Waals surface area contributed by atoms with Crippen LogP contribution in [0.1, 0.15) is 46.3 Å². The lowest BCUT2D eigenvalue weighted by atomic mass is 10.1. The highest BCUT2D eigenvalue weighted by Crippen LogP contribution is 2.34. The van der Waals surface area contributed by atoms with Crippen LogP contribution in [0.15, 0.2) is 12.7 Å². The number of aliphatic hydroxyl groups is 2. The van der Waals surface area contributed by atoms with Gasteiger partial charge >= 0.3 is 21.9 Å². The van der Waals surface area contributed by atoms with Crippen LogP contribution in [0.4, 0.5) is 19.4 Å². The quantitative estimate of drug-likeness (QED) is 0.0953. The SMILES string of the molecule is CC(C)(C)OC(=O)N[C@@H](CCCCNC(=O)C(F)(F)I)C(=O)O[C@H]1[C@@H](O)[C@H](n2cnc3c(N)ncnc32)O[C@@H]1CO. The van der Waals surface area contributed by atoms with Crippen LogP contribution < -0.4 is 16.4 Å². The molecule has 0 bridgehead atoms. The number of fused-ring (bicyclic) bond motifs is 1. The molecule has 2 aromatic heterocycles. The van der Waals surface area contributed by atoms with E-state index in [4.69, 9.17) is 19.9 Å². The normalized spacial score (nSPS) is 21.9. The summed E-state index contributed by atoms with van der Waals surface area (Å²) in [7, 11) is 0. The third-order valence-electron chi connectivity index (χ3n) is 5.84. The molecule has 2 aromatic rings. The Kier molecular flexibility index (Phi) is 10.6. The highest BCUT2D eigenvalue weighted by atomic mass is 127. The van der Waals surface area contributed by atoms with Gasteiger partial charge in [-0.15, -0.1) is 0 Å². The number of esters is 1. The molecular weight excluding hydrogens is 667 g/mol. The maximum absolute atomic E-state index is 13.2. The zero-order valence-electron chi connectivity index (χ0n) is 22.4. The highest BCUT2D eigenvalue weighted by molar-refractivity contribution is 14.1. The van der Waals surface area contributed by atoms with Crippen molar-refractivity contribution >= 4 is 57.5 Å². The number of rotatable bonds is 11. The fourth-order valence-electron chi connectivity index (χ4n) is 3.99. The Morgan fingerprint density at radius 1 is 1.24 bits per heavy atom. The fourth-order valence-corrected chi connectivity index (χ4v) is 4.18. The lowest BCUT2D eigenvalue weighted by Crippen LogP contribution is -2.47. The molecule has 1 saturated heterocycles. The summed E-state index contributed by atoms with van der Waals surface area (Å²) in [5.74, 6) is -2.31. The van der Waals surface area contributed by atoms with Crippen molar-refractivity contribution < 1.29 is 47.6 Å². The molecule has 1 fully saturated rings. The Labute approximate surface area is 246 Å². The number of unbranched alkanes of at least 4 members (excludes halogenated alkanes) is 1. The first-order valence-electron chi connectivity index (χ1n) is 12.5. The smallest absolute Gasteiger partial charge is 0.408 e. The number of aromatic nitrogens is 4. The number of halogens is 3. The number of imidazole rings is 1. The lowest BCUT2D eigenvalue weighted by Gasteiger charge is -2.25. The van der Waals surface area contributed by atoms with Gasteiger partial charge in [-0.25, -0.2) is 24.5 Å². The molecule has 0 aliphatic carbocycles. The molecule has 3 heterocycles. The molecular formula is C23H32F2IN7O8. The molecule has 0 radical (unpaired) electrons. The molecule has 0 aromatic carbocycles. The van der Waals surface area contributed by atoms with Crippen molar-refractivity contribution in [3.63, 3.8) is 0 Å². The van der Waals surface area contributed by atoms with Gasteiger partial charge in [0.2, 0.25) is 0 Å². The summed E-state index contributed by atoms with van der Waals surface area (Å²) in [5.41, 5.74) is 5.43. The summed E-state index contributed by atoms with van der Waals surface area (Å²) >= 11 is 0.713. The first-order valence-corrected chi connectivity index (χ1v) is 13.6. The van der Waals surface area contributed by atoms with Crippen molar-refractivity contribution in [2.24, 2.45) is 0 Å². The third-order valence-corrected chi connectivity index (χ3v) is 6.33. The van der Waals surface area contributed by atoms with Gasteiger partial charge in [-0.1, -0.05) is 0 Å². The number of nitrogen functional groups attached to an aromatic ring is 1. The molecule has 5 atom stereocenters. The molecule has 228 valence electrons. The monoisotopic (exact) mass is 699 g/mol. The lowest BCUT2D eigenvalue weighted by molar-refractivity contribution is -0.159. The van der Waals surface area contributed by atoms with Crippen LogP contribution in [0.25, 0.3) is 11.2 Å². The molecule has 0 saturated carbocycles. The molecule has 3 rings (SSSR count). The van der Waals surface area contributed by atoms with E-state index >= 15 is 0 Å². The topological polar surface area (TPSA) is 213 Å². The van der Waals surface area contributed by atoms with Crippen LogP contribution in [0.3, 0.4) is 0 Å². The summed E-state index contributed by atoms with van der Waals surface area (Å²) in [6, 6.07) is -1.28. The summed E-state index contributed by atoms with van der Waals surface area (Å²) in [4.78, 5) is 49.0. The molecule has 18 heteroatoms. The number of aliphatic hydroxyl groups excluding tert-OH is 2. The standard InChI is InChI=1S/C23H32F2IN7O8/c1-22(2,3)41-21(38)32-11(6-4-5-7-28-20(37)23(24,25)26)19(36)40-15-12(8-34)39-18(14(15)35)33-10-31-13-16(27)29-9-30-17(13)33/h9-12,14-15,18,34-35H,4-8H2,1-3H3,(H,28,37)(H,32,38)(H2,27,29,30)/t11-,12+,14+,15+,18+/m0/s1. The number of nitrogens with two attached hydrogens (primary N) is 1. The molecule has 0 unspecified atom stereocenters. The Morgan fingerprint density at radius 2 is 1.95 bits per heavy atom. The van der Waals surface area contributed by atoms with Crippen molar-refractivity contribution in [2.75, 3.05) is 18.9 Å². The number of nitrogens with zero attached hydrogens (tertiary/aromatic N) is 4. The van der Waals surface area contributed by atoms with Crippen LogP contribution in [0.2, 0.25) is 0 Å². The van der Waals surface area contributed by atoms with E-state index in [0.29, 0.717) is 22.6 Å². The Bertz CT molecular complexity index is 1240. The van der Waals surface area contributed by atoms with E-state index in [1.54, 1.807) is 20.8 Å². The van der Waals surface area contributed by atoms with Crippen LogP contribution in [-0.4, -0.2) is 94.7 Å². The molecule has 15 nitrogen and oxygen atoms in total. The van der Waals surface area contributed by atoms with Crippen molar-refractivity contribution in [2.45, 2.75) is 80.1 Å². The van der Waals surface area contributed by atoms with Crippen molar-refractivity contribution in [3.8, 4) is 0 Å². The minimum absolute atomic E-state index is 0.0200. The average Bonchev–Trinajstić information content (AvgIpc) is 3.43. The maximum Gasteiger partial charge on any atom is 0.408 e. The second-order valence-electron chi connectivity index (χ2n) is 10.2. The molecule has 6 N–H and O–H groups in total. The van der Waals surface area contributed by atoms with E-state index in [-0.39, 0.29) is 42.8 Å². The predicted octanol–water partition coefficient (Wildman–Crippen LogP) is 0.779. The number of ether oxygens (including phenoxy) is 3. The number of amides is 2. The Morgan fingerprint density at radius 3 is 2.59 bits per heavy atom. The van der Waals surface area contributed by atoms with E-state index in [1.165, 1.54) is 17.2 Å². The molecule has 0 spiro atoms. The zero-order chi connectivity index (χ0) is 30.5. The van der Waals surface area contributed by atoms with Gasteiger partial charge in [-0.05, 0) is 40.0 Å². The van der Waals surface area contributed by atoms with Gasteiger partial charge in [0.05, 0.1) is 12.9 Å². The van der Waals surface area contributed by atoms with E-state index in [9.17, 15) is 33.4 Å². The Balaban J connectivity index is 1.70. The van der Waals surface area contributed by atoms with E-state index < -0.39 is 64.7 Å². The van der Waals surface area contributed by atoms with Gasteiger partial charge < -0.3 is 40.8 Å². The highest BCUT2D eigenvalue weighted by Gasteiger charge is 2.48. The van der Waals surface area contributed by atoms with Crippen LogP contribution in [-0.2, 0) is 23.8 Å². The molecule has 1 aliphatic rings. The number of carbonyl (C=O) groups excluding carboxylic acids is 3. The van der Waals surface area contributed by atoms with Gasteiger partial charge in [0.15, 0.2) is 23.8 Å². The predicted molar refractivity (Wildman–Crippen MR) is 146 cm³/mol. The minimum atomic E-state index is -3.56. The first kappa shape index (κ1) is 32.5.